The average Bonchev–Trinajstić information content (AvgIpc) is 3.13. The quantitative estimate of drug-likeness (QED) is 0.665. The molecule has 78 valence electrons. The zero-order valence-corrected chi connectivity index (χ0v) is 8.48. The second-order valence-corrected chi connectivity index (χ2v) is 4.01. The maximum atomic E-state index is 5.26. The lowest BCUT2D eigenvalue weighted by molar-refractivity contribution is 0.389. The van der Waals surface area contributed by atoms with Gasteiger partial charge in [0.1, 0.15) is 0 Å². The third-order valence-corrected chi connectivity index (χ3v) is 2.66. The Morgan fingerprint density at radius 1 is 1.20 bits per heavy atom. The second-order valence-electron chi connectivity index (χ2n) is 4.01. The van der Waals surface area contributed by atoms with Gasteiger partial charge in [-0.3, -0.25) is 0 Å². The van der Waals surface area contributed by atoms with Crippen molar-refractivity contribution in [3.63, 3.8) is 0 Å². The van der Waals surface area contributed by atoms with Gasteiger partial charge < -0.3 is 14.4 Å². The number of hydrogen-bond donors (Lipinski definition) is 0. The van der Waals surface area contributed by atoms with E-state index in [0.29, 0.717) is 12.2 Å². The first-order valence-electron chi connectivity index (χ1n) is 5.28. The Morgan fingerprint density at radius 2 is 1.87 bits per heavy atom. The summed E-state index contributed by atoms with van der Waals surface area (Å²) < 4.78 is 10.5. The molecular weight excluding hydrogens is 190 g/mol. The minimum absolute atomic E-state index is 0.410. The van der Waals surface area contributed by atoms with E-state index in [4.69, 9.17) is 9.47 Å². The molecule has 1 aromatic carbocycles. The standard InChI is InChI=1S/C12H13NO2/c1-2-4-10(5-3-1)13(6-11-8-14-11)7-12-9-15-12/h2,4-5,11-12H,6-9H2. The van der Waals surface area contributed by atoms with E-state index >= 15 is 0 Å². The Kier molecular flexibility index (Phi) is 2.24. The molecule has 3 heteroatoms. The normalized spacial score (nSPS) is 26.9. The topological polar surface area (TPSA) is 28.3 Å². The highest BCUT2D eigenvalue weighted by molar-refractivity contribution is 5.45. The van der Waals surface area contributed by atoms with E-state index in [9.17, 15) is 0 Å². The molecule has 2 fully saturated rings. The molecule has 2 atom stereocenters. The molecule has 0 N–H and O–H groups in total. The Balaban J connectivity index is 1.69. The van der Waals surface area contributed by atoms with Crippen molar-refractivity contribution in [2.24, 2.45) is 0 Å². The summed E-state index contributed by atoms with van der Waals surface area (Å²) in [7, 11) is 0. The van der Waals surface area contributed by atoms with Crippen molar-refractivity contribution in [2.45, 2.75) is 12.2 Å². The largest absolute Gasteiger partial charge is 0.371 e. The van der Waals surface area contributed by atoms with Gasteiger partial charge >= 0.3 is 0 Å². The number of rotatable bonds is 5. The number of anilines is 1. The van der Waals surface area contributed by atoms with Crippen LogP contribution in [0.4, 0.5) is 5.69 Å². The highest BCUT2D eigenvalue weighted by Gasteiger charge is 2.30. The molecule has 0 aromatic heterocycles. The monoisotopic (exact) mass is 203 g/mol. The first-order chi connectivity index (χ1) is 7.42. The van der Waals surface area contributed by atoms with E-state index in [-0.39, 0.29) is 0 Å². The Bertz CT molecular complexity index is 306. The highest BCUT2D eigenvalue weighted by atomic mass is 16.6. The lowest BCUT2D eigenvalue weighted by atomic mass is 10.3. The van der Waals surface area contributed by atoms with Crippen LogP contribution in [0.3, 0.4) is 0 Å². The molecule has 3 rings (SSSR count). The van der Waals surface area contributed by atoms with E-state index in [2.05, 4.69) is 23.1 Å². The summed E-state index contributed by atoms with van der Waals surface area (Å²) in [4.78, 5) is 2.31. The summed E-state index contributed by atoms with van der Waals surface area (Å²) in [6, 6.07) is 11.8. The summed E-state index contributed by atoms with van der Waals surface area (Å²) in [6.45, 7) is 3.70. The van der Waals surface area contributed by atoms with E-state index in [1.54, 1.807) is 0 Å². The van der Waals surface area contributed by atoms with Gasteiger partial charge in [0, 0.05) is 24.8 Å². The van der Waals surface area contributed by atoms with Crippen LogP contribution in [-0.2, 0) is 9.47 Å². The van der Waals surface area contributed by atoms with Gasteiger partial charge in [0.25, 0.3) is 0 Å². The molecule has 2 aliphatic rings. The second kappa shape index (κ2) is 3.73. The zero-order valence-electron chi connectivity index (χ0n) is 8.48. The van der Waals surface area contributed by atoms with Gasteiger partial charge in [-0.15, -0.1) is 0 Å². The Labute approximate surface area is 89.6 Å². The van der Waals surface area contributed by atoms with Crippen molar-refractivity contribution in [1.29, 1.82) is 0 Å². The van der Waals surface area contributed by atoms with Gasteiger partial charge in [-0.2, -0.15) is 0 Å². The van der Waals surface area contributed by atoms with Crippen molar-refractivity contribution in [3.05, 3.63) is 30.3 Å². The number of epoxide rings is 2. The lowest BCUT2D eigenvalue weighted by Gasteiger charge is -2.22. The summed E-state index contributed by atoms with van der Waals surface area (Å²) >= 11 is 0. The first kappa shape index (κ1) is 9.02. The minimum Gasteiger partial charge on any atom is -0.371 e. The lowest BCUT2D eigenvalue weighted by Crippen LogP contribution is -2.31. The van der Waals surface area contributed by atoms with Crippen molar-refractivity contribution < 1.29 is 9.47 Å². The van der Waals surface area contributed by atoms with Crippen LogP contribution in [0.5, 0.6) is 0 Å². The number of ether oxygens (including phenoxy) is 2. The fraction of sp³-hybridized carbons (Fsp3) is 0.500. The van der Waals surface area contributed by atoms with Gasteiger partial charge in [0.2, 0.25) is 0 Å². The van der Waals surface area contributed by atoms with Crippen molar-refractivity contribution in [1.82, 2.24) is 0 Å². The van der Waals surface area contributed by atoms with Crippen LogP contribution in [0, 0.1) is 12.1 Å². The average molecular weight is 203 g/mol. The number of hydrogen-bond acceptors (Lipinski definition) is 3. The minimum atomic E-state index is 0.410. The molecule has 2 saturated heterocycles. The molecule has 0 spiro atoms. The summed E-state index contributed by atoms with van der Waals surface area (Å²) in [6.07, 6.45) is 0.820. The Morgan fingerprint density at radius 3 is 2.33 bits per heavy atom. The molecule has 2 heterocycles. The maximum absolute atomic E-state index is 5.26. The van der Waals surface area contributed by atoms with Gasteiger partial charge in [-0.05, 0) is 12.1 Å². The van der Waals surface area contributed by atoms with E-state index in [1.165, 1.54) is 5.69 Å². The highest BCUT2D eigenvalue weighted by Crippen LogP contribution is 2.21. The molecule has 0 amide bonds. The summed E-state index contributed by atoms with van der Waals surface area (Å²) in [5, 5.41) is 0. The fourth-order valence-corrected chi connectivity index (χ4v) is 1.66. The molecule has 15 heavy (non-hydrogen) atoms. The van der Waals surface area contributed by atoms with Gasteiger partial charge in [-0.1, -0.05) is 12.1 Å². The van der Waals surface area contributed by atoms with Gasteiger partial charge in [0.15, 0.2) is 0 Å². The van der Waals surface area contributed by atoms with Crippen LogP contribution in [0.2, 0.25) is 0 Å². The summed E-state index contributed by atoms with van der Waals surface area (Å²) in [5.41, 5.74) is 1.18. The third-order valence-electron chi connectivity index (χ3n) is 2.66. The fourth-order valence-electron chi connectivity index (χ4n) is 1.66. The zero-order chi connectivity index (χ0) is 10.1. The van der Waals surface area contributed by atoms with Crippen LogP contribution in [0.15, 0.2) is 18.2 Å². The molecule has 2 aliphatic heterocycles. The van der Waals surface area contributed by atoms with Crippen molar-refractivity contribution >= 4 is 5.69 Å². The molecule has 3 nitrogen and oxygen atoms in total. The van der Waals surface area contributed by atoms with Gasteiger partial charge in [0.05, 0.1) is 25.4 Å². The Hall–Kier alpha value is -1.24. The van der Waals surface area contributed by atoms with E-state index < -0.39 is 0 Å². The van der Waals surface area contributed by atoms with Crippen LogP contribution in [0.1, 0.15) is 0 Å². The van der Waals surface area contributed by atoms with Crippen molar-refractivity contribution in [2.75, 3.05) is 31.2 Å². The predicted molar refractivity (Wildman–Crippen MR) is 55.8 cm³/mol. The third kappa shape index (κ3) is 2.41. The van der Waals surface area contributed by atoms with Crippen LogP contribution < -0.4 is 4.90 Å². The predicted octanol–water partition coefficient (Wildman–Crippen LogP) is 0.891. The van der Waals surface area contributed by atoms with Crippen LogP contribution >= 0.6 is 0 Å². The first-order valence-corrected chi connectivity index (χ1v) is 5.28. The SMILES string of the molecule is c1ccc(N(CC2CO2)CC2CO2)cc#1. The summed E-state index contributed by atoms with van der Waals surface area (Å²) in [5.74, 6) is 0. The maximum Gasteiger partial charge on any atom is 0.0984 e. The molecule has 0 bridgehead atoms. The molecular formula is C12H13NO2. The van der Waals surface area contributed by atoms with E-state index in [0.717, 1.165) is 26.3 Å². The van der Waals surface area contributed by atoms with Gasteiger partial charge in [-0.25, -0.2) is 0 Å². The van der Waals surface area contributed by atoms with Crippen molar-refractivity contribution in [3.8, 4) is 0 Å². The smallest absolute Gasteiger partial charge is 0.0984 e. The molecule has 0 radical (unpaired) electrons. The van der Waals surface area contributed by atoms with Crippen LogP contribution in [-0.4, -0.2) is 38.5 Å². The molecule has 0 aliphatic carbocycles. The van der Waals surface area contributed by atoms with E-state index in [1.807, 2.05) is 12.1 Å². The molecule has 1 aromatic rings. The molecule has 0 saturated carbocycles. The van der Waals surface area contributed by atoms with Crippen LogP contribution in [0.25, 0.3) is 0 Å². The number of nitrogens with zero attached hydrogens (tertiary/aromatic N) is 1. The molecule has 2 unspecified atom stereocenters.